The third-order valence-corrected chi connectivity index (χ3v) is 5.11. The largest absolute Gasteiger partial charge is 0.463 e. The summed E-state index contributed by atoms with van der Waals surface area (Å²) >= 11 is 0. The molecule has 4 heteroatoms. The molecular formula is C22H18N2O2. The molecule has 1 unspecified atom stereocenters. The highest BCUT2D eigenvalue weighted by molar-refractivity contribution is 5.93. The Kier molecular flexibility index (Phi) is 3.25. The van der Waals surface area contributed by atoms with Gasteiger partial charge >= 0.3 is 5.97 Å². The number of hydrogen-bond donors (Lipinski definition) is 1. The van der Waals surface area contributed by atoms with Gasteiger partial charge in [0.15, 0.2) is 0 Å². The first-order valence-electron chi connectivity index (χ1n) is 8.81. The number of rotatable bonds is 2. The van der Waals surface area contributed by atoms with Crippen molar-refractivity contribution in [3.05, 3.63) is 94.6 Å². The number of benzene rings is 1. The summed E-state index contributed by atoms with van der Waals surface area (Å²) in [5.41, 5.74) is 7.51. The standard InChI is InChI=1S/C22H18N2O2/c1-2-26-22(25)17-12-23-19-8-7-15-11-20-16-6-4-3-5-14(16)9-10-24(20)13-18(15)21(17)19/h3-13,21,23H,2H2,1H3. The van der Waals surface area contributed by atoms with Crippen molar-refractivity contribution >= 4 is 17.7 Å². The predicted octanol–water partition coefficient (Wildman–Crippen LogP) is 3.70. The lowest BCUT2D eigenvalue weighted by Crippen LogP contribution is -2.25. The molecule has 0 spiro atoms. The van der Waals surface area contributed by atoms with Crippen LogP contribution in [0.1, 0.15) is 18.1 Å². The van der Waals surface area contributed by atoms with Gasteiger partial charge in [-0.25, -0.2) is 4.79 Å². The van der Waals surface area contributed by atoms with Crippen molar-refractivity contribution in [3.63, 3.8) is 0 Å². The smallest absolute Gasteiger partial charge is 0.336 e. The number of allylic oxidation sites excluding steroid dienone is 5. The van der Waals surface area contributed by atoms with Crippen LogP contribution in [0.25, 0.3) is 11.8 Å². The number of hydrogen-bond acceptors (Lipinski definition) is 4. The normalized spacial score (nSPS) is 21.7. The maximum absolute atomic E-state index is 12.4. The minimum Gasteiger partial charge on any atom is -0.463 e. The molecule has 1 aliphatic carbocycles. The summed E-state index contributed by atoms with van der Waals surface area (Å²) in [5, 5.41) is 3.22. The lowest BCUT2D eigenvalue weighted by molar-refractivity contribution is -0.138. The van der Waals surface area contributed by atoms with Crippen LogP contribution >= 0.6 is 0 Å². The molecule has 1 N–H and O–H groups in total. The molecule has 3 heterocycles. The van der Waals surface area contributed by atoms with Crippen LogP contribution in [-0.4, -0.2) is 17.5 Å². The SMILES string of the molecule is CCOC(=O)C1=CNC2=CC=C3C=C4c5ccccc5C=CN4C=C3C21. The van der Waals surface area contributed by atoms with Gasteiger partial charge in [0.2, 0.25) is 0 Å². The number of esters is 1. The van der Waals surface area contributed by atoms with E-state index >= 15 is 0 Å². The van der Waals surface area contributed by atoms with E-state index in [4.69, 9.17) is 4.74 Å². The van der Waals surface area contributed by atoms with Gasteiger partial charge in [0.25, 0.3) is 0 Å². The van der Waals surface area contributed by atoms with Crippen LogP contribution in [0.5, 0.6) is 0 Å². The van der Waals surface area contributed by atoms with Crippen LogP contribution in [0, 0.1) is 5.92 Å². The molecular weight excluding hydrogens is 324 g/mol. The molecule has 26 heavy (non-hydrogen) atoms. The summed E-state index contributed by atoms with van der Waals surface area (Å²) in [6.45, 7) is 2.20. The Hall–Kier alpha value is -3.27. The second-order valence-corrected chi connectivity index (χ2v) is 6.57. The summed E-state index contributed by atoms with van der Waals surface area (Å²) in [4.78, 5) is 14.5. The van der Waals surface area contributed by atoms with Crippen molar-refractivity contribution < 1.29 is 9.53 Å². The molecule has 0 saturated carbocycles. The predicted molar refractivity (Wildman–Crippen MR) is 101 cm³/mol. The van der Waals surface area contributed by atoms with Gasteiger partial charge < -0.3 is 15.0 Å². The fourth-order valence-corrected chi connectivity index (χ4v) is 3.91. The second kappa shape index (κ2) is 5.63. The van der Waals surface area contributed by atoms with Crippen LogP contribution < -0.4 is 5.32 Å². The number of nitrogens with one attached hydrogen (secondary N) is 1. The molecule has 1 atom stereocenters. The van der Waals surface area contributed by atoms with Gasteiger partial charge in [-0.15, -0.1) is 0 Å². The third-order valence-electron chi connectivity index (χ3n) is 5.11. The molecule has 0 bridgehead atoms. The number of carbonyl (C=O) groups is 1. The first kappa shape index (κ1) is 15.0. The third kappa shape index (κ3) is 2.12. The molecule has 5 rings (SSSR count). The van der Waals surface area contributed by atoms with Crippen molar-refractivity contribution in [1.29, 1.82) is 0 Å². The topological polar surface area (TPSA) is 41.6 Å². The van der Waals surface area contributed by atoms with E-state index in [9.17, 15) is 4.79 Å². The molecule has 4 nitrogen and oxygen atoms in total. The van der Waals surface area contributed by atoms with E-state index in [2.05, 4.69) is 71.2 Å². The van der Waals surface area contributed by atoms with E-state index in [0.717, 1.165) is 22.5 Å². The molecule has 3 aliphatic heterocycles. The van der Waals surface area contributed by atoms with E-state index in [0.29, 0.717) is 12.2 Å². The fourth-order valence-electron chi connectivity index (χ4n) is 3.91. The minimum absolute atomic E-state index is 0.0996. The molecule has 0 saturated heterocycles. The monoisotopic (exact) mass is 342 g/mol. The molecule has 0 amide bonds. The van der Waals surface area contributed by atoms with Gasteiger partial charge in [0.05, 0.1) is 23.8 Å². The average Bonchev–Trinajstić information content (AvgIpc) is 3.11. The Labute approximate surface area is 152 Å². The first-order chi connectivity index (χ1) is 12.8. The minimum atomic E-state index is -0.259. The molecule has 4 aliphatic rings. The Balaban J connectivity index is 1.58. The van der Waals surface area contributed by atoms with E-state index in [-0.39, 0.29) is 11.9 Å². The van der Waals surface area contributed by atoms with Gasteiger partial charge in [0.1, 0.15) is 0 Å². The first-order valence-corrected chi connectivity index (χ1v) is 8.81. The van der Waals surface area contributed by atoms with Gasteiger partial charge in [0, 0.05) is 29.9 Å². The Bertz CT molecular complexity index is 1000. The summed E-state index contributed by atoms with van der Waals surface area (Å²) in [7, 11) is 0. The van der Waals surface area contributed by atoms with E-state index in [1.165, 1.54) is 11.1 Å². The second-order valence-electron chi connectivity index (χ2n) is 6.57. The van der Waals surface area contributed by atoms with Crippen molar-refractivity contribution in [2.75, 3.05) is 6.61 Å². The molecule has 1 aromatic rings. The van der Waals surface area contributed by atoms with Gasteiger partial charge in [-0.2, -0.15) is 0 Å². The summed E-state index contributed by atoms with van der Waals surface area (Å²) in [6.07, 6.45) is 14.5. The number of ether oxygens (including phenoxy) is 1. The van der Waals surface area contributed by atoms with Crippen LogP contribution in [-0.2, 0) is 9.53 Å². The maximum atomic E-state index is 12.4. The zero-order chi connectivity index (χ0) is 17.7. The van der Waals surface area contributed by atoms with Crippen LogP contribution in [0.15, 0.2) is 83.5 Å². The van der Waals surface area contributed by atoms with Crippen LogP contribution in [0.2, 0.25) is 0 Å². The van der Waals surface area contributed by atoms with Crippen molar-refractivity contribution in [2.24, 2.45) is 5.92 Å². The number of carbonyl (C=O) groups excluding carboxylic acids is 1. The van der Waals surface area contributed by atoms with Crippen LogP contribution in [0.4, 0.5) is 0 Å². The lowest BCUT2D eigenvalue weighted by Gasteiger charge is -2.34. The Morgan fingerprint density at radius 2 is 2.15 bits per heavy atom. The van der Waals surface area contributed by atoms with Crippen LogP contribution in [0.3, 0.4) is 0 Å². The zero-order valence-corrected chi connectivity index (χ0v) is 14.4. The number of nitrogens with zero attached hydrogens (tertiary/aromatic N) is 1. The van der Waals surface area contributed by atoms with Crippen molar-refractivity contribution in [2.45, 2.75) is 6.92 Å². The van der Waals surface area contributed by atoms with E-state index < -0.39 is 0 Å². The quantitative estimate of drug-likeness (QED) is 0.832. The average molecular weight is 342 g/mol. The highest BCUT2D eigenvalue weighted by atomic mass is 16.5. The molecule has 0 radical (unpaired) electrons. The lowest BCUT2D eigenvalue weighted by atomic mass is 9.80. The van der Waals surface area contributed by atoms with Gasteiger partial charge in [-0.3, -0.25) is 0 Å². The zero-order valence-electron chi connectivity index (χ0n) is 14.4. The Morgan fingerprint density at radius 1 is 1.27 bits per heavy atom. The molecule has 0 aromatic heterocycles. The van der Waals surface area contributed by atoms with Crippen molar-refractivity contribution in [3.8, 4) is 0 Å². The van der Waals surface area contributed by atoms with E-state index in [1.807, 2.05) is 6.92 Å². The Morgan fingerprint density at radius 3 is 3.04 bits per heavy atom. The maximum Gasteiger partial charge on any atom is 0.336 e. The summed E-state index contributed by atoms with van der Waals surface area (Å²) in [6, 6.07) is 8.38. The molecule has 0 fully saturated rings. The summed E-state index contributed by atoms with van der Waals surface area (Å²) in [5.74, 6) is -0.359. The highest BCUT2D eigenvalue weighted by Crippen LogP contribution is 2.44. The fraction of sp³-hybridized carbons (Fsp3) is 0.136. The highest BCUT2D eigenvalue weighted by Gasteiger charge is 2.37. The molecule has 1 aromatic carbocycles. The van der Waals surface area contributed by atoms with Crippen molar-refractivity contribution in [1.82, 2.24) is 10.2 Å². The summed E-state index contributed by atoms with van der Waals surface area (Å²) < 4.78 is 5.24. The number of fused-ring (bicyclic) bond motifs is 6. The van der Waals surface area contributed by atoms with Gasteiger partial charge in [-0.05, 0) is 41.9 Å². The van der Waals surface area contributed by atoms with E-state index in [1.54, 1.807) is 6.20 Å². The van der Waals surface area contributed by atoms with Gasteiger partial charge in [-0.1, -0.05) is 30.3 Å². The molecule has 128 valence electrons.